The maximum Gasteiger partial charge on any atom is 0.244 e. The molecule has 0 aliphatic carbocycles. The summed E-state index contributed by atoms with van der Waals surface area (Å²) in [5.74, 6) is -0.424. The highest BCUT2D eigenvalue weighted by Gasteiger charge is 2.33. The number of sulfonamides is 1. The third-order valence-electron chi connectivity index (χ3n) is 6.14. The predicted molar refractivity (Wildman–Crippen MR) is 154 cm³/mol. The molecule has 208 valence electrons. The Kier molecular flexibility index (Phi) is 10.8. The number of ether oxygens (including phenoxy) is 1. The van der Waals surface area contributed by atoms with Crippen molar-refractivity contribution in [3.63, 3.8) is 0 Å². The Labute approximate surface area is 235 Å². The molecule has 0 bridgehead atoms. The van der Waals surface area contributed by atoms with E-state index in [9.17, 15) is 18.0 Å². The first-order valence-electron chi connectivity index (χ1n) is 12.6. The summed E-state index contributed by atoms with van der Waals surface area (Å²) >= 11 is 6.45. The van der Waals surface area contributed by atoms with E-state index < -0.39 is 28.5 Å². The van der Waals surface area contributed by atoms with Crippen molar-refractivity contribution in [1.29, 1.82) is 0 Å². The molecule has 39 heavy (non-hydrogen) atoms. The Balaban J connectivity index is 2.05. The molecule has 2 amide bonds. The van der Waals surface area contributed by atoms with Crippen LogP contribution >= 0.6 is 11.6 Å². The third kappa shape index (κ3) is 8.46. The van der Waals surface area contributed by atoms with Crippen LogP contribution in [0.15, 0.2) is 78.9 Å². The number of hydrogen-bond acceptors (Lipinski definition) is 5. The van der Waals surface area contributed by atoms with E-state index in [2.05, 4.69) is 5.32 Å². The SMILES string of the molecule is CCCNC(=O)[C@H](Cc1ccccc1)N(Cc1ccccc1Cl)C(=O)CN(c1cccc(OC)c1)S(C)(=O)=O. The minimum Gasteiger partial charge on any atom is -0.497 e. The molecule has 3 aromatic carbocycles. The van der Waals surface area contributed by atoms with E-state index in [1.807, 2.05) is 37.3 Å². The van der Waals surface area contributed by atoms with Crippen LogP contribution in [0.3, 0.4) is 0 Å². The Morgan fingerprint density at radius 2 is 1.69 bits per heavy atom. The average molecular weight is 572 g/mol. The Hall–Kier alpha value is -3.56. The molecular weight excluding hydrogens is 538 g/mol. The van der Waals surface area contributed by atoms with Crippen molar-refractivity contribution in [3.05, 3.63) is 95.0 Å². The molecule has 0 heterocycles. The highest BCUT2D eigenvalue weighted by molar-refractivity contribution is 7.92. The molecule has 3 aromatic rings. The van der Waals surface area contributed by atoms with Crippen LogP contribution in [0.5, 0.6) is 5.75 Å². The molecule has 0 saturated carbocycles. The number of halogens is 1. The van der Waals surface area contributed by atoms with Crippen LogP contribution in [0.2, 0.25) is 5.02 Å². The maximum atomic E-state index is 14.0. The van der Waals surface area contributed by atoms with Crippen LogP contribution in [0.25, 0.3) is 0 Å². The standard InChI is InChI=1S/C29H34ClN3O5S/c1-4-17-31-29(35)27(18-22-11-6-5-7-12-22)32(20-23-13-8-9-16-26(23)30)28(34)21-33(39(3,36)37)24-14-10-15-25(19-24)38-2/h5-16,19,27H,4,17-18,20-21H2,1-3H3,(H,31,35)/t27-/m0/s1. The fraction of sp³-hybridized carbons (Fsp3) is 0.310. The Bertz CT molecular complexity index is 1370. The number of carbonyl (C=O) groups excluding carboxylic acids is 2. The third-order valence-corrected chi connectivity index (χ3v) is 7.65. The van der Waals surface area contributed by atoms with Crippen LogP contribution in [0, 0.1) is 0 Å². The molecule has 1 atom stereocenters. The van der Waals surface area contributed by atoms with Gasteiger partial charge in [0.1, 0.15) is 18.3 Å². The van der Waals surface area contributed by atoms with Gasteiger partial charge in [-0.2, -0.15) is 0 Å². The molecule has 0 saturated heterocycles. The van der Waals surface area contributed by atoms with Crippen molar-refractivity contribution >= 4 is 39.1 Å². The smallest absolute Gasteiger partial charge is 0.244 e. The first-order chi connectivity index (χ1) is 18.6. The van der Waals surface area contributed by atoms with Gasteiger partial charge < -0.3 is 15.0 Å². The van der Waals surface area contributed by atoms with Gasteiger partial charge in [0.05, 0.1) is 19.1 Å². The summed E-state index contributed by atoms with van der Waals surface area (Å²) in [4.78, 5) is 28.9. The molecular formula is C29H34ClN3O5S. The molecule has 3 rings (SSSR count). The first-order valence-corrected chi connectivity index (χ1v) is 14.8. The van der Waals surface area contributed by atoms with Crippen LogP contribution in [-0.4, -0.2) is 57.6 Å². The van der Waals surface area contributed by atoms with Gasteiger partial charge in [0.25, 0.3) is 0 Å². The molecule has 0 unspecified atom stereocenters. The lowest BCUT2D eigenvalue weighted by molar-refractivity contribution is -0.140. The number of benzene rings is 3. The van der Waals surface area contributed by atoms with Gasteiger partial charge in [0.2, 0.25) is 21.8 Å². The lowest BCUT2D eigenvalue weighted by Crippen LogP contribution is -2.53. The number of methoxy groups -OCH3 is 1. The number of nitrogens with one attached hydrogen (secondary N) is 1. The number of nitrogens with zero attached hydrogens (tertiary/aromatic N) is 2. The quantitative estimate of drug-likeness (QED) is 0.330. The molecule has 0 aliphatic heterocycles. The fourth-order valence-electron chi connectivity index (χ4n) is 4.11. The van der Waals surface area contributed by atoms with Crippen molar-refractivity contribution in [2.45, 2.75) is 32.4 Å². The number of rotatable bonds is 13. The van der Waals surface area contributed by atoms with Gasteiger partial charge in [0.15, 0.2) is 0 Å². The van der Waals surface area contributed by atoms with Crippen LogP contribution < -0.4 is 14.4 Å². The highest BCUT2D eigenvalue weighted by atomic mass is 35.5. The molecule has 0 aliphatic rings. The van der Waals surface area contributed by atoms with Crippen molar-refractivity contribution in [3.8, 4) is 5.75 Å². The van der Waals surface area contributed by atoms with E-state index >= 15 is 0 Å². The maximum absolute atomic E-state index is 14.0. The summed E-state index contributed by atoms with van der Waals surface area (Å²) in [5, 5.41) is 3.34. The van der Waals surface area contributed by atoms with Crippen LogP contribution in [0.1, 0.15) is 24.5 Å². The summed E-state index contributed by atoms with van der Waals surface area (Å²) in [6.45, 7) is 1.89. The van der Waals surface area contributed by atoms with E-state index in [0.717, 1.165) is 22.5 Å². The van der Waals surface area contributed by atoms with Crippen molar-refractivity contribution < 1.29 is 22.7 Å². The molecule has 8 nitrogen and oxygen atoms in total. The van der Waals surface area contributed by atoms with Crippen molar-refractivity contribution in [2.75, 3.05) is 30.8 Å². The first kappa shape index (κ1) is 30.0. The zero-order valence-electron chi connectivity index (χ0n) is 22.3. The minimum atomic E-state index is -3.87. The molecule has 10 heteroatoms. The van der Waals surface area contributed by atoms with Gasteiger partial charge in [-0.1, -0.05) is 73.1 Å². The summed E-state index contributed by atoms with van der Waals surface area (Å²) in [6, 6.07) is 22.0. The Morgan fingerprint density at radius 1 is 1.00 bits per heavy atom. The number of carbonyl (C=O) groups is 2. The molecule has 0 fully saturated rings. The highest BCUT2D eigenvalue weighted by Crippen LogP contribution is 2.25. The van der Waals surface area contributed by atoms with E-state index in [1.54, 1.807) is 48.5 Å². The lowest BCUT2D eigenvalue weighted by Gasteiger charge is -2.33. The van der Waals surface area contributed by atoms with E-state index in [1.165, 1.54) is 12.0 Å². The van der Waals surface area contributed by atoms with Crippen LogP contribution in [-0.2, 0) is 32.6 Å². The largest absolute Gasteiger partial charge is 0.497 e. The molecule has 0 aromatic heterocycles. The zero-order valence-corrected chi connectivity index (χ0v) is 23.9. The fourth-order valence-corrected chi connectivity index (χ4v) is 5.15. The second-order valence-electron chi connectivity index (χ2n) is 9.08. The van der Waals surface area contributed by atoms with E-state index in [0.29, 0.717) is 22.9 Å². The molecule has 0 spiro atoms. The van der Waals surface area contributed by atoms with Gasteiger partial charge in [-0.05, 0) is 35.7 Å². The normalized spacial score (nSPS) is 11.9. The number of anilines is 1. The molecule has 0 radical (unpaired) electrons. The van der Waals surface area contributed by atoms with Gasteiger partial charge >= 0.3 is 0 Å². The topological polar surface area (TPSA) is 96.0 Å². The average Bonchev–Trinajstić information content (AvgIpc) is 2.93. The van der Waals surface area contributed by atoms with Crippen molar-refractivity contribution in [2.24, 2.45) is 0 Å². The second-order valence-corrected chi connectivity index (χ2v) is 11.4. The summed E-state index contributed by atoms with van der Waals surface area (Å²) in [5.41, 5.74) is 1.78. The predicted octanol–water partition coefficient (Wildman–Crippen LogP) is 4.28. The summed E-state index contributed by atoms with van der Waals surface area (Å²) in [7, 11) is -2.39. The van der Waals surface area contributed by atoms with E-state index in [4.69, 9.17) is 16.3 Å². The van der Waals surface area contributed by atoms with E-state index in [-0.39, 0.29) is 24.6 Å². The second kappa shape index (κ2) is 14.0. The minimum absolute atomic E-state index is 0.0191. The number of amides is 2. The van der Waals surface area contributed by atoms with Gasteiger partial charge in [-0.25, -0.2) is 8.42 Å². The number of hydrogen-bond donors (Lipinski definition) is 1. The van der Waals surface area contributed by atoms with Crippen molar-refractivity contribution in [1.82, 2.24) is 10.2 Å². The van der Waals surface area contributed by atoms with Crippen LogP contribution in [0.4, 0.5) is 5.69 Å². The van der Waals surface area contributed by atoms with Gasteiger partial charge in [-0.3, -0.25) is 13.9 Å². The monoisotopic (exact) mass is 571 g/mol. The van der Waals surface area contributed by atoms with Gasteiger partial charge in [-0.15, -0.1) is 0 Å². The Morgan fingerprint density at radius 3 is 2.33 bits per heavy atom. The molecule has 1 N–H and O–H groups in total. The summed E-state index contributed by atoms with van der Waals surface area (Å²) in [6.07, 6.45) is 2.00. The zero-order chi connectivity index (χ0) is 28.4. The lowest BCUT2D eigenvalue weighted by atomic mass is 10.0. The van der Waals surface area contributed by atoms with Gasteiger partial charge in [0, 0.05) is 30.6 Å². The summed E-state index contributed by atoms with van der Waals surface area (Å²) < 4.78 is 32.0.